The molecule has 3 heteroatoms. The van der Waals surface area contributed by atoms with Crippen molar-refractivity contribution >= 4 is 0 Å². The van der Waals surface area contributed by atoms with Crippen molar-refractivity contribution in [3.05, 3.63) is 35.9 Å². The van der Waals surface area contributed by atoms with Gasteiger partial charge in [0.25, 0.3) is 0 Å². The second-order valence-electron chi connectivity index (χ2n) is 8.50. The molecule has 1 aliphatic heterocycles. The summed E-state index contributed by atoms with van der Waals surface area (Å²) in [5, 5.41) is 11.7. The summed E-state index contributed by atoms with van der Waals surface area (Å²) in [5.41, 5.74) is 0.00769. The first-order valence-electron chi connectivity index (χ1n) is 10.8. The van der Waals surface area contributed by atoms with E-state index in [0.717, 1.165) is 29.4 Å². The van der Waals surface area contributed by atoms with Gasteiger partial charge in [-0.2, -0.15) is 0 Å². The molecule has 0 radical (unpaired) electrons. The molecule has 1 heterocycles. The fourth-order valence-electron chi connectivity index (χ4n) is 5.08. The molecule has 0 spiro atoms. The Morgan fingerprint density at radius 1 is 1.00 bits per heavy atom. The minimum absolute atomic E-state index is 0. The molecule has 1 N–H and O–H groups in total. The maximum atomic E-state index is 11.7. The lowest BCUT2D eigenvalue weighted by Crippen LogP contribution is -3.00. The first kappa shape index (κ1) is 22.5. The van der Waals surface area contributed by atoms with Gasteiger partial charge in [-0.15, -0.1) is 0 Å². The van der Waals surface area contributed by atoms with Crippen molar-refractivity contribution in [3.63, 3.8) is 0 Å². The minimum Gasteiger partial charge on any atom is -1.00 e. The highest BCUT2D eigenvalue weighted by atomic mass is 79.9. The summed E-state index contributed by atoms with van der Waals surface area (Å²) < 4.78 is 1.14. The molecule has 1 aromatic rings. The maximum Gasteiger partial charge on any atom is 0.153 e. The van der Waals surface area contributed by atoms with Crippen LogP contribution in [0.3, 0.4) is 0 Å². The third-order valence-corrected chi connectivity index (χ3v) is 6.57. The minimum atomic E-state index is -0.979. The molecule has 1 aliphatic carbocycles. The van der Waals surface area contributed by atoms with Gasteiger partial charge in [-0.25, -0.2) is 0 Å². The zero-order chi connectivity index (χ0) is 18.3. The number of likely N-dealkylation sites (tertiary alicyclic amines) is 1. The standard InChI is InChI=1S/C24H36NO.BrH/c1-2-18-25(19-10-5-11-20-25)21-12-17-24(26,22-13-6-3-7-14-22)23-15-8-4-9-16-23;/h3,6-7,13-14,23,26H,2,4-5,8-11,15-16,18-21H2,1H3;1H/q+1;/p-1. The molecule has 27 heavy (non-hydrogen) atoms. The quantitative estimate of drug-likeness (QED) is 0.554. The van der Waals surface area contributed by atoms with E-state index in [1.165, 1.54) is 64.6 Å². The Morgan fingerprint density at radius 2 is 1.63 bits per heavy atom. The number of aliphatic hydroxyl groups is 1. The van der Waals surface area contributed by atoms with Crippen molar-refractivity contribution in [1.82, 2.24) is 0 Å². The van der Waals surface area contributed by atoms with E-state index >= 15 is 0 Å². The van der Waals surface area contributed by atoms with Crippen molar-refractivity contribution < 1.29 is 26.6 Å². The molecule has 1 saturated heterocycles. The summed E-state index contributed by atoms with van der Waals surface area (Å²) in [7, 11) is 0. The molecule has 0 amide bonds. The summed E-state index contributed by atoms with van der Waals surface area (Å²) in [6.45, 7) is 6.92. The molecule has 1 unspecified atom stereocenters. The molecular weight excluding hydrogens is 398 g/mol. The van der Waals surface area contributed by atoms with E-state index in [-0.39, 0.29) is 22.9 Å². The third-order valence-electron chi connectivity index (χ3n) is 6.57. The van der Waals surface area contributed by atoms with E-state index in [0.29, 0.717) is 0 Å². The van der Waals surface area contributed by atoms with Crippen molar-refractivity contribution in [2.75, 3.05) is 26.2 Å². The topological polar surface area (TPSA) is 20.2 Å². The Morgan fingerprint density at radius 3 is 2.26 bits per heavy atom. The van der Waals surface area contributed by atoms with Crippen LogP contribution < -0.4 is 17.0 Å². The van der Waals surface area contributed by atoms with Crippen molar-refractivity contribution in [1.29, 1.82) is 0 Å². The molecule has 0 aromatic heterocycles. The number of quaternary nitrogens is 1. The zero-order valence-electron chi connectivity index (χ0n) is 16.9. The van der Waals surface area contributed by atoms with Crippen LogP contribution in [0.25, 0.3) is 0 Å². The number of piperidine rings is 1. The van der Waals surface area contributed by atoms with Gasteiger partial charge in [0.1, 0.15) is 6.54 Å². The number of benzene rings is 1. The Hall–Kier alpha value is -0.820. The average Bonchev–Trinajstić information content (AvgIpc) is 2.70. The van der Waals surface area contributed by atoms with Crippen LogP contribution in [0.4, 0.5) is 0 Å². The van der Waals surface area contributed by atoms with Crippen LogP contribution in [0.15, 0.2) is 30.3 Å². The summed E-state index contributed by atoms with van der Waals surface area (Å²) in [5.74, 6) is 7.16. The van der Waals surface area contributed by atoms with Crippen LogP contribution in [0.1, 0.15) is 70.3 Å². The average molecular weight is 434 g/mol. The predicted octanol–water partition coefficient (Wildman–Crippen LogP) is 1.87. The van der Waals surface area contributed by atoms with Gasteiger partial charge in [0.2, 0.25) is 0 Å². The first-order valence-corrected chi connectivity index (χ1v) is 10.8. The summed E-state index contributed by atoms with van der Waals surface area (Å²) in [6.07, 6.45) is 11.2. The fraction of sp³-hybridized carbons (Fsp3) is 0.667. The Kier molecular flexibility index (Phi) is 8.86. The van der Waals surface area contributed by atoms with E-state index in [4.69, 9.17) is 0 Å². The number of hydrogen-bond acceptors (Lipinski definition) is 1. The Balaban J connectivity index is 0.00000261. The third kappa shape index (κ3) is 5.59. The van der Waals surface area contributed by atoms with E-state index < -0.39 is 5.60 Å². The van der Waals surface area contributed by atoms with Gasteiger partial charge in [-0.3, -0.25) is 0 Å². The number of rotatable bonds is 5. The van der Waals surface area contributed by atoms with E-state index in [9.17, 15) is 5.11 Å². The molecule has 0 bridgehead atoms. The molecule has 1 saturated carbocycles. The number of nitrogens with zero attached hydrogens (tertiary/aromatic N) is 1. The van der Waals surface area contributed by atoms with Gasteiger partial charge >= 0.3 is 0 Å². The van der Waals surface area contributed by atoms with Gasteiger partial charge in [0.15, 0.2) is 5.60 Å². The zero-order valence-corrected chi connectivity index (χ0v) is 18.5. The number of halogens is 1. The van der Waals surface area contributed by atoms with Gasteiger partial charge in [-0.1, -0.05) is 62.4 Å². The second-order valence-corrected chi connectivity index (χ2v) is 8.50. The highest BCUT2D eigenvalue weighted by Gasteiger charge is 2.38. The molecule has 1 aromatic carbocycles. The Labute approximate surface area is 176 Å². The molecule has 1 atom stereocenters. The SMILES string of the molecule is CCC[N+]1(CC#CC(O)(c2ccccc2)C2CCCCC2)CCCCC1.[Br-]. The van der Waals surface area contributed by atoms with Gasteiger partial charge in [0, 0.05) is 5.92 Å². The molecule has 3 rings (SSSR count). The lowest BCUT2D eigenvalue weighted by Gasteiger charge is -2.40. The van der Waals surface area contributed by atoms with Crippen LogP contribution in [0.2, 0.25) is 0 Å². The van der Waals surface area contributed by atoms with E-state index in [2.05, 4.69) is 30.9 Å². The van der Waals surface area contributed by atoms with Crippen LogP contribution in [0, 0.1) is 17.8 Å². The monoisotopic (exact) mass is 433 g/mol. The molecule has 2 nitrogen and oxygen atoms in total. The molecule has 2 aliphatic rings. The maximum absolute atomic E-state index is 11.7. The molecular formula is C24H36BrNO. The van der Waals surface area contributed by atoms with Gasteiger partial charge in [-0.05, 0) is 50.0 Å². The van der Waals surface area contributed by atoms with Crippen LogP contribution in [-0.2, 0) is 5.60 Å². The summed E-state index contributed by atoms with van der Waals surface area (Å²) >= 11 is 0. The lowest BCUT2D eigenvalue weighted by atomic mass is 9.73. The van der Waals surface area contributed by atoms with Crippen LogP contribution in [-0.4, -0.2) is 35.8 Å². The van der Waals surface area contributed by atoms with E-state index in [1.54, 1.807) is 0 Å². The van der Waals surface area contributed by atoms with Crippen molar-refractivity contribution in [3.8, 4) is 11.8 Å². The largest absolute Gasteiger partial charge is 1.00 e. The highest BCUT2D eigenvalue weighted by Crippen LogP contribution is 2.39. The molecule has 150 valence electrons. The predicted molar refractivity (Wildman–Crippen MR) is 109 cm³/mol. The van der Waals surface area contributed by atoms with E-state index in [1.807, 2.05) is 18.2 Å². The summed E-state index contributed by atoms with van der Waals surface area (Å²) in [4.78, 5) is 0. The second kappa shape index (κ2) is 10.6. The van der Waals surface area contributed by atoms with Crippen LogP contribution in [0.5, 0.6) is 0 Å². The smallest absolute Gasteiger partial charge is 0.153 e. The van der Waals surface area contributed by atoms with Crippen molar-refractivity contribution in [2.24, 2.45) is 5.92 Å². The molecule has 2 fully saturated rings. The Bertz CT molecular complexity index is 603. The fourth-order valence-corrected chi connectivity index (χ4v) is 5.08. The van der Waals surface area contributed by atoms with Gasteiger partial charge < -0.3 is 26.6 Å². The number of hydrogen-bond donors (Lipinski definition) is 1. The lowest BCUT2D eigenvalue weighted by molar-refractivity contribution is -0.926. The van der Waals surface area contributed by atoms with Crippen molar-refractivity contribution in [2.45, 2.75) is 70.3 Å². The van der Waals surface area contributed by atoms with Crippen LogP contribution >= 0.6 is 0 Å². The highest BCUT2D eigenvalue weighted by molar-refractivity contribution is 5.33. The normalized spacial score (nSPS) is 22.0. The first-order chi connectivity index (χ1) is 12.7. The summed E-state index contributed by atoms with van der Waals surface area (Å²) in [6, 6.07) is 10.2. The van der Waals surface area contributed by atoms with Gasteiger partial charge in [0.05, 0.1) is 19.6 Å².